The van der Waals surface area contributed by atoms with E-state index >= 15 is 0 Å². The maximum Gasteiger partial charge on any atom is 0.315 e. The number of aromatic nitrogens is 2. The summed E-state index contributed by atoms with van der Waals surface area (Å²) >= 11 is 0. The normalized spacial score (nSPS) is 9.90. The predicted octanol–water partition coefficient (Wildman–Crippen LogP) is 2.23. The minimum absolute atomic E-state index is 0.0801. The molecule has 0 amide bonds. The number of nitrogens with zero attached hydrogens (tertiary/aromatic N) is 3. The predicted molar refractivity (Wildman–Crippen MR) is 71.3 cm³/mol. The summed E-state index contributed by atoms with van der Waals surface area (Å²) in [5, 5.41) is 13.9. The summed E-state index contributed by atoms with van der Waals surface area (Å²) in [4.78, 5) is 18.3. The van der Waals surface area contributed by atoms with Gasteiger partial charge in [0.25, 0.3) is 0 Å². The van der Waals surface area contributed by atoms with Crippen molar-refractivity contribution in [3.63, 3.8) is 0 Å². The standard InChI is InChI=1S/C12H12N4O4/c1-13-11-6-12(15-7-14-11)20-10-4-3-8(19-2)5-9(10)16(17)18/h3-7H,1-2H3,(H,13,14,15). The molecule has 0 fully saturated rings. The van der Waals surface area contributed by atoms with Gasteiger partial charge in [-0.2, -0.15) is 0 Å². The van der Waals surface area contributed by atoms with Crippen LogP contribution in [0.4, 0.5) is 11.5 Å². The number of ether oxygens (including phenoxy) is 2. The molecule has 8 nitrogen and oxygen atoms in total. The van der Waals surface area contributed by atoms with Crippen LogP contribution in [0.1, 0.15) is 0 Å². The van der Waals surface area contributed by atoms with Gasteiger partial charge in [0.2, 0.25) is 11.6 Å². The molecular weight excluding hydrogens is 264 g/mol. The van der Waals surface area contributed by atoms with E-state index in [1.807, 2.05) is 0 Å². The van der Waals surface area contributed by atoms with Crippen molar-refractivity contribution in [1.82, 2.24) is 9.97 Å². The second-order valence-corrected chi connectivity index (χ2v) is 3.68. The van der Waals surface area contributed by atoms with Gasteiger partial charge in [0, 0.05) is 13.1 Å². The first-order valence-electron chi connectivity index (χ1n) is 5.64. The van der Waals surface area contributed by atoms with Crippen molar-refractivity contribution in [1.29, 1.82) is 0 Å². The number of hydrogen-bond donors (Lipinski definition) is 1. The van der Waals surface area contributed by atoms with Crippen LogP contribution >= 0.6 is 0 Å². The molecule has 2 aromatic rings. The van der Waals surface area contributed by atoms with Crippen molar-refractivity contribution in [3.05, 3.63) is 40.7 Å². The summed E-state index contributed by atoms with van der Waals surface area (Å²) in [6.07, 6.45) is 1.30. The number of nitrogens with one attached hydrogen (secondary N) is 1. The van der Waals surface area contributed by atoms with Crippen LogP contribution in [-0.2, 0) is 0 Å². The molecule has 0 saturated heterocycles. The van der Waals surface area contributed by atoms with Crippen molar-refractivity contribution < 1.29 is 14.4 Å². The molecule has 0 aliphatic rings. The second-order valence-electron chi connectivity index (χ2n) is 3.68. The fraction of sp³-hybridized carbons (Fsp3) is 0.167. The molecule has 1 N–H and O–H groups in total. The summed E-state index contributed by atoms with van der Waals surface area (Å²) in [6.45, 7) is 0. The van der Waals surface area contributed by atoms with E-state index in [2.05, 4.69) is 15.3 Å². The third-order valence-electron chi connectivity index (χ3n) is 2.48. The number of methoxy groups -OCH3 is 1. The van der Waals surface area contributed by atoms with Gasteiger partial charge in [0.1, 0.15) is 17.9 Å². The molecule has 104 valence electrons. The molecule has 0 radical (unpaired) electrons. The van der Waals surface area contributed by atoms with Crippen LogP contribution in [0.25, 0.3) is 0 Å². The molecule has 0 aliphatic heterocycles. The summed E-state index contributed by atoms with van der Waals surface area (Å²) in [6, 6.07) is 5.85. The highest BCUT2D eigenvalue weighted by Crippen LogP contribution is 2.33. The fourth-order valence-corrected chi connectivity index (χ4v) is 1.50. The molecule has 1 aromatic carbocycles. The molecule has 1 heterocycles. The van der Waals surface area contributed by atoms with Crippen molar-refractivity contribution in [2.24, 2.45) is 0 Å². The molecule has 2 rings (SSSR count). The number of anilines is 1. The van der Waals surface area contributed by atoms with E-state index < -0.39 is 4.92 Å². The topological polar surface area (TPSA) is 99.4 Å². The Balaban J connectivity index is 2.34. The summed E-state index contributed by atoms with van der Waals surface area (Å²) < 4.78 is 10.4. The lowest BCUT2D eigenvalue weighted by atomic mass is 10.3. The Bertz CT molecular complexity index is 633. The minimum atomic E-state index is -0.544. The minimum Gasteiger partial charge on any atom is -0.496 e. The van der Waals surface area contributed by atoms with Crippen LogP contribution in [0.2, 0.25) is 0 Å². The largest absolute Gasteiger partial charge is 0.496 e. The van der Waals surface area contributed by atoms with E-state index in [1.165, 1.54) is 31.6 Å². The van der Waals surface area contributed by atoms with Crippen LogP contribution in [-0.4, -0.2) is 29.0 Å². The highest BCUT2D eigenvalue weighted by molar-refractivity contribution is 5.52. The summed E-state index contributed by atoms with van der Waals surface area (Å²) in [7, 11) is 3.13. The lowest BCUT2D eigenvalue weighted by molar-refractivity contribution is -0.385. The molecule has 1 aromatic heterocycles. The first-order chi connectivity index (χ1) is 9.63. The Morgan fingerprint density at radius 1 is 1.30 bits per heavy atom. The molecule has 0 aliphatic carbocycles. The van der Waals surface area contributed by atoms with Gasteiger partial charge >= 0.3 is 5.69 Å². The SMILES string of the molecule is CNc1cc(Oc2ccc(OC)cc2[N+](=O)[O-])ncn1. The fourth-order valence-electron chi connectivity index (χ4n) is 1.50. The van der Waals surface area contributed by atoms with Crippen molar-refractivity contribution in [2.45, 2.75) is 0 Å². The van der Waals surface area contributed by atoms with Crippen molar-refractivity contribution in [3.8, 4) is 17.4 Å². The van der Waals surface area contributed by atoms with Crippen LogP contribution in [0.15, 0.2) is 30.6 Å². The van der Waals surface area contributed by atoms with Gasteiger partial charge in [-0.25, -0.2) is 9.97 Å². The molecule has 20 heavy (non-hydrogen) atoms. The van der Waals surface area contributed by atoms with Crippen LogP contribution in [0, 0.1) is 10.1 Å². The van der Waals surface area contributed by atoms with Gasteiger partial charge in [0.15, 0.2) is 0 Å². The third kappa shape index (κ3) is 2.91. The average molecular weight is 276 g/mol. The van der Waals surface area contributed by atoms with Gasteiger partial charge in [-0.05, 0) is 12.1 Å². The van der Waals surface area contributed by atoms with Crippen molar-refractivity contribution >= 4 is 11.5 Å². The van der Waals surface area contributed by atoms with Gasteiger partial charge in [-0.1, -0.05) is 0 Å². The van der Waals surface area contributed by atoms with Gasteiger partial charge in [-0.15, -0.1) is 0 Å². The van der Waals surface area contributed by atoms with E-state index in [0.717, 1.165) is 0 Å². The van der Waals surface area contributed by atoms with Crippen LogP contribution < -0.4 is 14.8 Å². The molecule has 8 heteroatoms. The van der Waals surface area contributed by atoms with E-state index in [-0.39, 0.29) is 17.3 Å². The molecular formula is C12H12N4O4. The Labute approximate surface area is 114 Å². The Hall–Kier alpha value is -2.90. The molecule has 0 spiro atoms. The first-order valence-corrected chi connectivity index (χ1v) is 5.64. The molecule has 0 atom stereocenters. The maximum atomic E-state index is 11.0. The van der Waals surface area contributed by atoms with E-state index in [4.69, 9.17) is 9.47 Å². The Kier molecular flexibility index (Phi) is 3.94. The number of nitro benzene ring substituents is 1. The Morgan fingerprint density at radius 3 is 2.75 bits per heavy atom. The lowest BCUT2D eigenvalue weighted by Crippen LogP contribution is -1.98. The number of nitro groups is 1. The smallest absolute Gasteiger partial charge is 0.315 e. The van der Waals surface area contributed by atoms with Crippen LogP contribution in [0.5, 0.6) is 17.4 Å². The van der Waals surface area contributed by atoms with Gasteiger partial charge in [0.05, 0.1) is 18.1 Å². The average Bonchev–Trinajstić information content (AvgIpc) is 2.47. The van der Waals surface area contributed by atoms with Gasteiger partial charge < -0.3 is 14.8 Å². The van der Waals surface area contributed by atoms with E-state index in [0.29, 0.717) is 11.6 Å². The zero-order chi connectivity index (χ0) is 14.5. The summed E-state index contributed by atoms with van der Waals surface area (Å²) in [5.74, 6) is 1.21. The monoisotopic (exact) mass is 276 g/mol. The zero-order valence-electron chi connectivity index (χ0n) is 10.9. The molecule has 0 saturated carbocycles. The molecule has 0 bridgehead atoms. The lowest BCUT2D eigenvalue weighted by Gasteiger charge is -2.07. The zero-order valence-corrected chi connectivity index (χ0v) is 10.9. The number of hydrogen-bond acceptors (Lipinski definition) is 7. The number of rotatable bonds is 5. The highest BCUT2D eigenvalue weighted by Gasteiger charge is 2.17. The van der Waals surface area contributed by atoms with Crippen LogP contribution in [0.3, 0.4) is 0 Å². The van der Waals surface area contributed by atoms with Crippen molar-refractivity contribution in [2.75, 3.05) is 19.5 Å². The third-order valence-corrected chi connectivity index (χ3v) is 2.48. The second kappa shape index (κ2) is 5.83. The quantitative estimate of drug-likeness (QED) is 0.660. The van der Waals surface area contributed by atoms with E-state index in [1.54, 1.807) is 13.1 Å². The van der Waals surface area contributed by atoms with E-state index in [9.17, 15) is 10.1 Å². The summed E-state index contributed by atoms with van der Waals surface area (Å²) in [5.41, 5.74) is -0.200. The first kappa shape index (κ1) is 13.5. The number of benzene rings is 1. The maximum absolute atomic E-state index is 11.0. The highest BCUT2D eigenvalue weighted by atomic mass is 16.6. The van der Waals surface area contributed by atoms with Gasteiger partial charge in [-0.3, -0.25) is 10.1 Å². The Morgan fingerprint density at radius 2 is 2.10 bits per heavy atom. The molecule has 0 unspecified atom stereocenters.